The lowest BCUT2D eigenvalue weighted by Gasteiger charge is -2.32. The maximum atomic E-state index is 11.4. The zero-order valence-corrected chi connectivity index (χ0v) is 15.6. The average molecular weight is 349 g/mol. The normalized spacial score (nSPS) is 19.6. The highest BCUT2D eigenvalue weighted by atomic mass is 32.2. The van der Waals surface area contributed by atoms with Gasteiger partial charge >= 0.3 is 7.12 Å². The van der Waals surface area contributed by atoms with Gasteiger partial charge in [-0.3, -0.25) is 9.78 Å². The number of hydrogen-bond donors (Lipinski definition) is 1. The SMILES string of the molecule is CC(=O)SCC(=Cc1cccc(CO)n1)B1OC(C)(C)C(C)(C)O1. The summed E-state index contributed by atoms with van der Waals surface area (Å²) in [5.41, 5.74) is 1.25. The van der Waals surface area contributed by atoms with Crippen molar-refractivity contribution < 1.29 is 19.2 Å². The number of pyridine rings is 1. The first-order valence-corrected chi connectivity index (χ1v) is 8.89. The lowest BCUT2D eigenvalue weighted by molar-refractivity contribution is -0.109. The molecule has 7 heteroatoms. The van der Waals surface area contributed by atoms with E-state index in [0.717, 1.165) is 5.47 Å². The second-order valence-corrected chi connectivity index (χ2v) is 7.95. The Kier molecular flexibility index (Phi) is 5.91. The molecule has 0 spiro atoms. The third-order valence-corrected chi connectivity index (χ3v) is 5.21. The zero-order valence-electron chi connectivity index (χ0n) is 14.8. The first-order chi connectivity index (χ1) is 11.1. The molecule has 1 aromatic rings. The van der Waals surface area contributed by atoms with Gasteiger partial charge in [-0.05, 0) is 51.4 Å². The van der Waals surface area contributed by atoms with E-state index in [9.17, 15) is 9.90 Å². The Bertz CT molecular complexity index is 629. The molecule has 2 heterocycles. The lowest BCUT2D eigenvalue weighted by Crippen LogP contribution is -2.41. The van der Waals surface area contributed by atoms with E-state index in [1.807, 2.05) is 45.9 Å². The number of aromatic nitrogens is 1. The Hall–Kier alpha value is -1.15. The minimum atomic E-state index is -0.526. The molecule has 0 aliphatic carbocycles. The molecule has 1 aliphatic rings. The van der Waals surface area contributed by atoms with Crippen molar-refractivity contribution in [3.63, 3.8) is 0 Å². The second-order valence-electron chi connectivity index (χ2n) is 6.80. The van der Waals surface area contributed by atoms with Crippen LogP contribution in [0.25, 0.3) is 6.08 Å². The van der Waals surface area contributed by atoms with Crippen LogP contribution in [0.4, 0.5) is 0 Å². The third kappa shape index (κ3) is 4.48. The molecule has 5 nitrogen and oxygen atoms in total. The summed E-state index contributed by atoms with van der Waals surface area (Å²) in [7, 11) is -0.526. The molecule has 0 amide bonds. The number of aliphatic hydroxyl groups excluding tert-OH is 1. The Morgan fingerprint density at radius 2 is 1.92 bits per heavy atom. The van der Waals surface area contributed by atoms with Crippen LogP contribution >= 0.6 is 11.8 Å². The fourth-order valence-corrected chi connectivity index (χ4v) is 2.80. The Morgan fingerprint density at radius 1 is 1.29 bits per heavy atom. The molecule has 0 aromatic carbocycles. The standard InChI is InChI=1S/C17H24BNO4S/c1-12(21)24-11-13(9-14-7-6-8-15(10-20)19-14)18-22-16(2,3)17(4,5)23-18/h6-9,20H,10-11H2,1-5H3. The first-order valence-electron chi connectivity index (χ1n) is 7.91. The molecular formula is C17H24BNO4S. The quantitative estimate of drug-likeness (QED) is 0.825. The molecule has 2 rings (SSSR count). The van der Waals surface area contributed by atoms with Gasteiger partial charge in [0.1, 0.15) is 0 Å². The number of aliphatic hydroxyl groups is 1. The number of rotatable bonds is 5. The van der Waals surface area contributed by atoms with Crippen molar-refractivity contribution in [2.75, 3.05) is 5.75 Å². The molecule has 1 aromatic heterocycles. The van der Waals surface area contributed by atoms with E-state index in [-0.39, 0.29) is 11.7 Å². The molecule has 0 saturated carbocycles. The van der Waals surface area contributed by atoms with Gasteiger partial charge in [-0.25, -0.2) is 0 Å². The summed E-state index contributed by atoms with van der Waals surface area (Å²) in [5, 5.41) is 9.28. The van der Waals surface area contributed by atoms with E-state index in [1.165, 1.54) is 18.7 Å². The van der Waals surface area contributed by atoms with Crippen LogP contribution in [-0.4, -0.2) is 39.3 Å². The summed E-state index contributed by atoms with van der Waals surface area (Å²) in [5.74, 6) is 0.469. The summed E-state index contributed by atoms with van der Waals surface area (Å²) in [6, 6.07) is 5.45. The van der Waals surface area contributed by atoms with Crippen molar-refractivity contribution >= 4 is 30.1 Å². The van der Waals surface area contributed by atoms with Crippen molar-refractivity contribution in [1.82, 2.24) is 4.98 Å². The number of carbonyl (C=O) groups excluding carboxylic acids is 1. The molecule has 0 atom stereocenters. The summed E-state index contributed by atoms with van der Waals surface area (Å²) >= 11 is 1.21. The van der Waals surface area contributed by atoms with Crippen LogP contribution in [0.5, 0.6) is 0 Å². The Labute approximate surface area is 148 Å². The van der Waals surface area contributed by atoms with E-state index < -0.39 is 18.3 Å². The Balaban J connectivity index is 2.31. The molecule has 1 N–H and O–H groups in total. The maximum Gasteiger partial charge on any atom is 0.491 e. The van der Waals surface area contributed by atoms with Crippen molar-refractivity contribution in [1.29, 1.82) is 0 Å². The van der Waals surface area contributed by atoms with Crippen LogP contribution in [0.15, 0.2) is 23.7 Å². The summed E-state index contributed by atoms with van der Waals surface area (Å²) in [6.07, 6.45) is 1.87. The number of carbonyl (C=O) groups is 1. The highest BCUT2D eigenvalue weighted by Gasteiger charge is 2.52. The summed E-state index contributed by atoms with van der Waals surface area (Å²) < 4.78 is 12.2. The second kappa shape index (κ2) is 7.39. The minimum absolute atomic E-state index is 0.0366. The largest absolute Gasteiger partial charge is 0.491 e. The number of nitrogens with zero attached hydrogens (tertiary/aromatic N) is 1. The predicted octanol–water partition coefficient (Wildman–Crippen LogP) is 2.87. The van der Waals surface area contributed by atoms with Gasteiger partial charge in [0.2, 0.25) is 0 Å². The first kappa shape index (κ1) is 19.2. The molecule has 1 saturated heterocycles. The van der Waals surface area contributed by atoms with E-state index in [0.29, 0.717) is 17.1 Å². The minimum Gasteiger partial charge on any atom is -0.400 e. The van der Waals surface area contributed by atoms with Crippen LogP contribution in [-0.2, 0) is 20.7 Å². The third-order valence-electron chi connectivity index (χ3n) is 4.32. The fourth-order valence-electron chi connectivity index (χ4n) is 2.21. The number of hydrogen-bond acceptors (Lipinski definition) is 6. The molecule has 0 unspecified atom stereocenters. The summed E-state index contributed by atoms with van der Waals surface area (Å²) in [4.78, 5) is 15.7. The number of thioether (sulfide) groups is 1. The van der Waals surface area contributed by atoms with Crippen LogP contribution in [0.3, 0.4) is 0 Å². The van der Waals surface area contributed by atoms with Gasteiger partial charge in [0.25, 0.3) is 0 Å². The van der Waals surface area contributed by atoms with Gasteiger partial charge in [-0.2, -0.15) is 0 Å². The van der Waals surface area contributed by atoms with E-state index in [1.54, 1.807) is 6.07 Å². The highest BCUT2D eigenvalue weighted by Crippen LogP contribution is 2.39. The van der Waals surface area contributed by atoms with E-state index in [2.05, 4.69) is 4.98 Å². The van der Waals surface area contributed by atoms with Gasteiger partial charge < -0.3 is 14.4 Å². The topological polar surface area (TPSA) is 68.7 Å². The van der Waals surface area contributed by atoms with Crippen molar-refractivity contribution in [3.8, 4) is 0 Å². The van der Waals surface area contributed by atoms with Crippen LogP contribution < -0.4 is 0 Å². The van der Waals surface area contributed by atoms with Crippen molar-refractivity contribution in [3.05, 3.63) is 35.1 Å². The fraction of sp³-hybridized carbons (Fsp3) is 0.529. The smallest absolute Gasteiger partial charge is 0.400 e. The van der Waals surface area contributed by atoms with Crippen LogP contribution in [0.2, 0.25) is 0 Å². The molecule has 0 bridgehead atoms. The lowest BCUT2D eigenvalue weighted by atomic mass is 9.78. The van der Waals surface area contributed by atoms with Crippen molar-refractivity contribution in [2.45, 2.75) is 52.4 Å². The van der Waals surface area contributed by atoms with Gasteiger partial charge in [0.15, 0.2) is 5.12 Å². The highest BCUT2D eigenvalue weighted by molar-refractivity contribution is 8.13. The molecular weight excluding hydrogens is 325 g/mol. The van der Waals surface area contributed by atoms with Crippen LogP contribution in [0.1, 0.15) is 46.0 Å². The van der Waals surface area contributed by atoms with Crippen LogP contribution in [0, 0.1) is 0 Å². The monoisotopic (exact) mass is 349 g/mol. The Morgan fingerprint density at radius 3 is 2.46 bits per heavy atom. The average Bonchev–Trinajstić information content (AvgIpc) is 2.71. The molecule has 1 aliphatic heterocycles. The van der Waals surface area contributed by atoms with Gasteiger partial charge in [0.05, 0.1) is 29.2 Å². The summed E-state index contributed by atoms with van der Waals surface area (Å²) in [6.45, 7) is 9.40. The zero-order chi connectivity index (χ0) is 18.0. The predicted molar refractivity (Wildman–Crippen MR) is 97.4 cm³/mol. The van der Waals surface area contributed by atoms with E-state index >= 15 is 0 Å². The van der Waals surface area contributed by atoms with E-state index in [4.69, 9.17) is 9.31 Å². The molecule has 0 radical (unpaired) electrons. The van der Waals surface area contributed by atoms with Crippen molar-refractivity contribution in [2.24, 2.45) is 0 Å². The van der Waals surface area contributed by atoms with Gasteiger partial charge in [-0.15, -0.1) is 0 Å². The molecule has 1 fully saturated rings. The maximum absolute atomic E-state index is 11.4. The molecule has 130 valence electrons. The van der Waals surface area contributed by atoms with Gasteiger partial charge in [-0.1, -0.05) is 17.8 Å². The van der Waals surface area contributed by atoms with Gasteiger partial charge in [0, 0.05) is 12.7 Å². The molecule has 24 heavy (non-hydrogen) atoms.